The van der Waals surface area contributed by atoms with Gasteiger partial charge in [0.05, 0.1) is 6.54 Å². The molecule has 1 fully saturated rings. The lowest BCUT2D eigenvalue weighted by atomic mass is 9.99. The summed E-state index contributed by atoms with van der Waals surface area (Å²) >= 11 is 0. The predicted octanol–water partition coefficient (Wildman–Crippen LogP) is 1.51. The molecule has 0 bridgehead atoms. The van der Waals surface area contributed by atoms with Crippen LogP contribution in [0, 0.1) is 5.92 Å². The third-order valence-corrected chi connectivity index (χ3v) is 3.99. The van der Waals surface area contributed by atoms with E-state index in [-0.39, 0.29) is 5.91 Å². The molecule has 1 N–H and O–H groups in total. The summed E-state index contributed by atoms with van der Waals surface area (Å²) in [5.41, 5.74) is 0. The topological polar surface area (TPSA) is 50.2 Å². The van der Waals surface area contributed by atoms with Crippen LogP contribution in [-0.4, -0.2) is 46.3 Å². The third-order valence-electron chi connectivity index (χ3n) is 3.99. The molecule has 5 nitrogen and oxygen atoms in total. The van der Waals surface area contributed by atoms with E-state index in [1.165, 1.54) is 0 Å². The monoisotopic (exact) mass is 278 g/mol. The van der Waals surface area contributed by atoms with Crippen LogP contribution >= 0.6 is 0 Å². The van der Waals surface area contributed by atoms with E-state index >= 15 is 0 Å². The summed E-state index contributed by atoms with van der Waals surface area (Å²) in [5, 5.41) is 7.57. The van der Waals surface area contributed by atoms with Crippen molar-refractivity contribution in [3.05, 3.63) is 18.5 Å². The second-order valence-electron chi connectivity index (χ2n) is 5.90. The lowest BCUT2D eigenvalue weighted by Gasteiger charge is -2.30. The normalized spacial score (nSPS) is 18.2. The van der Waals surface area contributed by atoms with Crippen molar-refractivity contribution in [1.29, 1.82) is 0 Å². The highest BCUT2D eigenvalue weighted by molar-refractivity contribution is 5.76. The Labute approximate surface area is 121 Å². The highest BCUT2D eigenvalue weighted by atomic mass is 16.2. The van der Waals surface area contributed by atoms with Crippen LogP contribution in [-0.2, 0) is 11.3 Å². The van der Waals surface area contributed by atoms with E-state index in [2.05, 4.69) is 24.3 Å². The van der Waals surface area contributed by atoms with Crippen molar-refractivity contribution in [2.24, 2.45) is 5.92 Å². The van der Waals surface area contributed by atoms with Gasteiger partial charge in [-0.05, 0) is 31.7 Å². The van der Waals surface area contributed by atoms with Crippen LogP contribution in [0.4, 0.5) is 0 Å². The van der Waals surface area contributed by atoms with E-state index in [9.17, 15) is 4.79 Å². The molecule has 20 heavy (non-hydrogen) atoms. The van der Waals surface area contributed by atoms with Crippen molar-refractivity contribution in [3.8, 4) is 0 Å². The molecule has 5 heteroatoms. The van der Waals surface area contributed by atoms with Crippen LogP contribution in [0.15, 0.2) is 18.5 Å². The number of likely N-dealkylation sites (tertiary alicyclic amines) is 1. The van der Waals surface area contributed by atoms with Gasteiger partial charge in [0.1, 0.15) is 0 Å². The van der Waals surface area contributed by atoms with Gasteiger partial charge in [0.25, 0.3) is 0 Å². The maximum Gasteiger partial charge on any atom is 0.223 e. The minimum Gasteiger partial charge on any atom is -0.343 e. The van der Waals surface area contributed by atoms with E-state index in [0.29, 0.717) is 12.5 Å². The number of rotatable bonds is 6. The standard InChI is InChI=1S/C15H26N4O/c1-13-5-10-18(11-6-13)15(20)4-8-16-14(2)12-19-9-3-7-17-19/h3,7,9,13-14,16H,4-6,8,10-12H2,1-2H3/t14-/m0/s1. The lowest BCUT2D eigenvalue weighted by Crippen LogP contribution is -2.40. The minimum absolute atomic E-state index is 0.288. The van der Waals surface area contributed by atoms with E-state index in [4.69, 9.17) is 0 Å². The van der Waals surface area contributed by atoms with E-state index in [0.717, 1.165) is 44.9 Å². The highest BCUT2D eigenvalue weighted by Crippen LogP contribution is 2.16. The Kier molecular flexibility index (Phi) is 5.59. The molecular formula is C15H26N4O. The van der Waals surface area contributed by atoms with Gasteiger partial charge in [-0.15, -0.1) is 0 Å². The number of nitrogens with one attached hydrogen (secondary N) is 1. The maximum absolute atomic E-state index is 12.1. The summed E-state index contributed by atoms with van der Waals surface area (Å²) in [6.45, 7) is 7.83. The van der Waals surface area contributed by atoms with Gasteiger partial charge < -0.3 is 10.2 Å². The molecular weight excluding hydrogens is 252 g/mol. The van der Waals surface area contributed by atoms with E-state index in [1.54, 1.807) is 6.20 Å². The molecule has 1 atom stereocenters. The number of aromatic nitrogens is 2. The van der Waals surface area contributed by atoms with E-state index in [1.807, 2.05) is 21.8 Å². The van der Waals surface area contributed by atoms with Gasteiger partial charge in [0.2, 0.25) is 5.91 Å². The first-order valence-electron chi connectivity index (χ1n) is 7.63. The first-order chi connectivity index (χ1) is 9.65. The molecule has 2 rings (SSSR count). The van der Waals surface area contributed by atoms with Gasteiger partial charge in [0, 0.05) is 44.5 Å². The van der Waals surface area contributed by atoms with Crippen molar-refractivity contribution in [1.82, 2.24) is 20.0 Å². The van der Waals surface area contributed by atoms with Gasteiger partial charge in [-0.25, -0.2) is 0 Å². The molecule has 1 aromatic heterocycles. The number of carbonyl (C=O) groups is 1. The Hall–Kier alpha value is -1.36. The molecule has 0 aliphatic carbocycles. The second kappa shape index (κ2) is 7.43. The van der Waals surface area contributed by atoms with Crippen molar-refractivity contribution >= 4 is 5.91 Å². The number of piperidine rings is 1. The number of carbonyl (C=O) groups excluding carboxylic acids is 1. The highest BCUT2D eigenvalue weighted by Gasteiger charge is 2.19. The number of hydrogen-bond donors (Lipinski definition) is 1. The zero-order valence-electron chi connectivity index (χ0n) is 12.6. The Balaban J connectivity index is 1.61. The summed E-state index contributed by atoms with van der Waals surface area (Å²) < 4.78 is 1.91. The average Bonchev–Trinajstić information content (AvgIpc) is 2.92. The molecule has 1 saturated heterocycles. The van der Waals surface area contributed by atoms with Gasteiger partial charge >= 0.3 is 0 Å². The first-order valence-corrected chi connectivity index (χ1v) is 7.63. The van der Waals surface area contributed by atoms with Crippen LogP contribution in [0.5, 0.6) is 0 Å². The number of amides is 1. The van der Waals surface area contributed by atoms with Crippen LogP contribution < -0.4 is 5.32 Å². The van der Waals surface area contributed by atoms with Gasteiger partial charge in [-0.1, -0.05) is 6.92 Å². The van der Waals surface area contributed by atoms with Crippen LogP contribution in [0.25, 0.3) is 0 Å². The molecule has 1 aliphatic heterocycles. The Morgan fingerprint density at radius 1 is 1.45 bits per heavy atom. The smallest absolute Gasteiger partial charge is 0.223 e. The molecule has 1 aliphatic rings. The minimum atomic E-state index is 0.288. The van der Waals surface area contributed by atoms with Gasteiger partial charge in [-0.2, -0.15) is 5.10 Å². The Morgan fingerprint density at radius 3 is 2.85 bits per heavy atom. The zero-order valence-corrected chi connectivity index (χ0v) is 12.6. The van der Waals surface area contributed by atoms with Crippen LogP contribution in [0.1, 0.15) is 33.1 Å². The van der Waals surface area contributed by atoms with Crippen molar-refractivity contribution in [2.45, 2.75) is 45.7 Å². The fourth-order valence-electron chi connectivity index (χ4n) is 2.60. The Bertz CT molecular complexity index is 396. The first kappa shape index (κ1) is 15.0. The quantitative estimate of drug-likeness (QED) is 0.858. The molecule has 0 spiro atoms. The molecule has 0 radical (unpaired) electrons. The van der Waals surface area contributed by atoms with Crippen molar-refractivity contribution < 1.29 is 4.79 Å². The summed E-state index contributed by atoms with van der Waals surface area (Å²) in [6, 6.07) is 2.25. The summed E-state index contributed by atoms with van der Waals surface area (Å²) in [4.78, 5) is 14.1. The van der Waals surface area contributed by atoms with Crippen molar-refractivity contribution in [3.63, 3.8) is 0 Å². The maximum atomic E-state index is 12.1. The fourth-order valence-corrected chi connectivity index (χ4v) is 2.60. The van der Waals surface area contributed by atoms with Crippen LogP contribution in [0.3, 0.4) is 0 Å². The average molecular weight is 278 g/mol. The number of nitrogens with zero attached hydrogens (tertiary/aromatic N) is 3. The number of hydrogen-bond acceptors (Lipinski definition) is 3. The molecule has 2 heterocycles. The van der Waals surface area contributed by atoms with E-state index < -0.39 is 0 Å². The Morgan fingerprint density at radius 2 is 2.20 bits per heavy atom. The molecule has 1 aromatic rings. The SMILES string of the molecule is CC1CCN(C(=O)CCN[C@@H](C)Cn2cccn2)CC1. The summed E-state index contributed by atoms with van der Waals surface area (Å²) in [7, 11) is 0. The van der Waals surface area contributed by atoms with Crippen molar-refractivity contribution in [2.75, 3.05) is 19.6 Å². The summed E-state index contributed by atoms with van der Waals surface area (Å²) in [6.07, 6.45) is 6.63. The molecule has 0 aromatic carbocycles. The lowest BCUT2D eigenvalue weighted by molar-refractivity contribution is -0.132. The third kappa shape index (κ3) is 4.63. The molecule has 112 valence electrons. The van der Waals surface area contributed by atoms with Crippen LogP contribution in [0.2, 0.25) is 0 Å². The summed E-state index contributed by atoms with van der Waals surface area (Å²) in [5.74, 6) is 1.06. The van der Waals surface area contributed by atoms with Gasteiger partial charge in [-0.3, -0.25) is 9.48 Å². The predicted molar refractivity (Wildman–Crippen MR) is 79.3 cm³/mol. The second-order valence-corrected chi connectivity index (χ2v) is 5.90. The molecule has 0 unspecified atom stereocenters. The van der Waals surface area contributed by atoms with Gasteiger partial charge in [0.15, 0.2) is 0 Å². The fraction of sp³-hybridized carbons (Fsp3) is 0.733. The largest absolute Gasteiger partial charge is 0.343 e. The molecule has 0 saturated carbocycles. The zero-order chi connectivity index (χ0) is 14.4. The molecule has 1 amide bonds.